The first kappa shape index (κ1) is 10.7. The summed E-state index contributed by atoms with van der Waals surface area (Å²) in [5, 5.41) is 0.657. The second kappa shape index (κ2) is 5.36. The fourth-order valence-electron chi connectivity index (χ4n) is 1.08. The molecule has 0 amide bonds. The highest BCUT2D eigenvalue weighted by Gasteiger charge is 2.01. The third-order valence-electron chi connectivity index (χ3n) is 1.68. The number of aryl methyl sites for hydroxylation is 1. The summed E-state index contributed by atoms with van der Waals surface area (Å²) in [5.74, 6) is 1.35. The molecular formula is C10H12Cl2O. The quantitative estimate of drug-likeness (QED) is 0.704. The molecule has 0 heterocycles. The molecule has 0 spiro atoms. The van der Waals surface area contributed by atoms with Crippen LogP contribution in [0.15, 0.2) is 18.2 Å². The van der Waals surface area contributed by atoms with Gasteiger partial charge in [-0.3, -0.25) is 0 Å². The minimum Gasteiger partial charge on any atom is -0.492 e. The lowest BCUT2D eigenvalue weighted by molar-refractivity contribution is 0.340. The van der Waals surface area contributed by atoms with Crippen molar-refractivity contribution in [3.05, 3.63) is 28.8 Å². The van der Waals surface area contributed by atoms with Crippen molar-refractivity contribution in [1.82, 2.24) is 0 Å². The molecule has 1 nitrogen and oxygen atoms in total. The molecule has 0 saturated heterocycles. The highest BCUT2D eigenvalue weighted by Crippen LogP contribution is 2.25. The van der Waals surface area contributed by atoms with Crippen molar-refractivity contribution in [2.45, 2.75) is 13.3 Å². The van der Waals surface area contributed by atoms with Gasteiger partial charge in [0.25, 0.3) is 0 Å². The maximum Gasteiger partial charge on any atom is 0.137 e. The third-order valence-corrected chi connectivity index (χ3v) is 2.16. The van der Waals surface area contributed by atoms with Crippen LogP contribution in [0.4, 0.5) is 0 Å². The van der Waals surface area contributed by atoms with Crippen molar-refractivity contribution in [1.29, 1.82) is 0 Å². The van der Waals surface area contributed by atoms with E-state index in [1.165, 1.54) is 0 Å². The Labute approximate surface area is 88.6 Å². The molecule has 1 aromatic carbocycles. The number of ether oxygens (including phenoxy) is 1. The molecule has 1 rings (SSSR count). The maximum atomic E-state index is 5.98. The van der Waals surface area contributed by atoms with E-state index in [4.69, 9.17) is 27.9 Å². The second-order valence-electron chi connectivity index (χ2n) is 2.64. The van der Waals surface area contributed by atoms with Crippen molar-refractivity contribution >= 4 is 23.2 Å². The van der Waals surface area contributed by atoms with Crippen LogP contribution in [-0.4, -0.2) is 12.5 Å². The molecule has 0 radical (unpaired) electrons. The van der Waals surface area contributed by atoms with Gasteiger partial charge in [0, 0.05) is 5.88 Å². The van der Waals surface area contributed by atoms with E-state index in [1.54, 1.807) is 0 Å². The molecule has 0 saturated carbocycles. The van der Waals surface area contributed by atoms with Gasteiger partial charge in [0.15, 0.2) is 0 Å². The van der Waals surface area contributed by atoms with Gasteiger partial charge in [-0.2, -0.15) is 0 Å². The Hall–Kier alpha value is -0.400. The fourth-order valence-corrected chi connectivity index (χ4v) is 1.56. The zero-order valence-corrected chi connectivity index (χ0v) is 9.03. The highest BCUT2D eigenvalue weighted by molar-refractivity contribution is 6.32. The lowest BCUT2D eigenvalue weighted by Crippen LogP contribution is -1.93. The van der Waals surface area contributed by atoms with Crippen molar-refractivity contribution in [3.63, 3.8) is 0 Å². The fraction of sp³-hybridized carbons (Fsp3) is 0.400. The molecule has 0 aliphatic carbocycles. The van der Waals surface area contributed by atoms with Crippen LogP contribution in [-0.2, 0) is 6.42 Å². The van der Waals surface area contributed by atoms with Gasteiger partial charge in [0.05, 0.1) is 11.6 Å². The van der Waals surface area contributed by atoms with Gasteiger partial charge >= 0.3 is 0 Å². The lowest BCUT2D eigenvalue weighted by Gasteiger charge is -2.06. The van der Waals surface area contributed by atoms with E-state index in [1.807, 2.05) is 25.1 Å². The van der Waals surface area contributed by atoms with Gasteiger partial charge in [-0.05, 0) is 31.0 Å². The molecule has 0 atom stereocenters. The van der Waals surface area contributed by atoms with Gasteiger partial charge in [-0.1, -0.05) is 17.7 Å². The second-order valence-corrected chi connectivity index (χ2v) is 3.42. The van der Waals surface area contributed by atoms with Crippen LogP contribution in [0.5, 0.6) is 5.75 Å². The Balaban J connectivity index is 2.79. The Morgan fingerprint density at radius 1 is 1.38 bits per heavy atom. The number of benzene rings is 1. The molecule has 72 valence electrons. The van der Waals surface area contributed by atoms with Gasteiger partial charge in [-0.15, -0.1) is 11.6 Å². The van der Waals surface area contributed by atoms with Crippen LogP contribution in [0, 0.1) is 0 Å². The lowest BCUT2D eigenvalue weighted by atomic mass is 10.2. The summed E-state index contributed by atoms with van der Waals surface area (Å²) < 4.78 is 5.30. The SMILES string of the molecule is CCOc1ccc(CCCl)cc1Cl. The van der Waals surface area contributed by atoms with Crippen molar-refractivity contribution < 1.29 is 4.74 Å². The van der Waals surface area contributed by atoms with Crippen molar-refractivity contribution in [2.24, 2.45) is 0 Å². The first-order valence-electron chi connectivity index (χ1n) is 4.25. The normalized spacial score (nSPS) is 10.1. The standard InChI is InChI=1S/C10H12Cl2O/c1-2-13-10-4-3-8(5-6-11)7-9(10)12/h3-4,7H,2,5-6H2,1H3. The van der Waals surface area contributed by atoms with Crippen molar-refractivity contribution in [3.8, 4) is 5.75 Å². The maximum absolute atomic E-state index is 5.98. The van der Waals surface area contributed by atoms with Gasteiger partial charge in [0.2, 0.25) is 0 Å². The minimum atomic E-state index is 0.615. The Morgan fingerprint density at radius 2 is 2.15 bits per heavy atom. The van der Waals surface area contributed by atoms with Crippen LogP contribution in [0.1, 0.15) is 12.5 Å². The van der Waals surface area contributed by atoms with Gasteiger partial charge in [-0.25, -0.2) is 0 Å². The number of rotatable bonds is 4. The molecule has 1 aromatic rings. The average molecular weight is 219 g/mol. The summed E-state index contributed by atoms with van der Waals surface area (Å²) in [5.41, 5.74) is 1.14. The Kier molecular flexibility index (Phi) is 4.40. The Bertz CT molecular complexity index is 274. The summed E-state index contributed by atoms with van der Waals surface area (Å²) in [6, 6.07) is 5.77. The number of hydrogen-bond donors (Lipinski definition) is 0. The number of halogens is 2. The predicted molar refractivity (Wildman–Crippen MR) is 57.0 cm³/mol. The number of hydrogen-bond acceptors (Lipinski definition) is 1. The van der Waals surface area contributed by atoms with E-state index in [0.717, 1.165) is 17.7 Å². The molecular weight excluding hydrogens is 207 g/mol. The average Bonchev–Trinajstić information content (AvgIpc) is 2.10. The summed E-state index contributed by atoms with van der Waals surface area (Å²) in [4.78, 5) is 0. The predicted octanol–water partition coefficient (Wildman–Crippen LogP) is 3.52. The van der Waals surface area contributed by atoms with Crippen LogP contribution >= 0.6 is 23.2 Å². The van der Waals surface area contributed by atoms with E-state index < -0.39 is 0 Å². The summed E-state index contributed by atoms with van der Waals surface area (Å²) in [7, 11) is 0. The molecule has 0 unspecified atom stereocenters. The minimum absolute atomic E-state index is 0.615. The van der Waals surface area contributed by atoms with Crippen LogP contribution in [0.3, 0.4) is 0 Å². The van der Waals surface area contributed by atoms with E-state index in [0.29, 0.717) is 17.5 Å². The van der Waals surface area contributed by atoms with Crippen LogP contribution in [0.2, 0.25) is 5.02 Å². The van der Waals surface area contributed by atoms with E-state index >= 15 is 0 Å². The molecule has 3 heteroatoms. The summed E-state index contributed by atoms with van der Waals surface area (Å²) in [6.45, 7) is 2.57. The molecule has 13 heavy (non-hydrogen) atoms. The molecule has 0 aromatic heterocycles. The third kappa shape index (κ3) is 3.09. The van der Waals surface area contributed by atoms with Gasteiger partial charge in [0.1, 0.15) is 5.75 Å². The molecule has 0 fully saturated rings. The Morgan fingerprint density at radius 3 is 2.69 bits per heavy atom. The summed E-state index contributed by atoms with van der Waals surface area (Å²) >= 11 is 11.6. The topological polar surface area (TPSA) is 9.23 Å². The highest BCUT2D eigenvalue weighted by atomic mass is 35.5. The van der Waals surface area contributed by atoms with Gasteiger partial charge < -0.3 is 4.74 Å². The zero-order valence-electron chi connectivity index (χ0n) is 7.52. The first-order valence-corrected chi connectivity index (χ1v) is 5.16. The molecule has 0 N–H and O–H groups in total. The molecule has 0 aliphatic heterocycles. The smallest absolute Gasteiger partial charge is 0.137 e. The van der Waals surface area contributed by atoms with E-state index in [2.05, 4.69) is 0 Å². The van der Waals surface area contributed by atoms with Crippen molar-refractivity contribution in [2.75, 3.05) is 12.5 Å². The first-order chi connectivity index (χ1) is 6.27. The molecule has 0 aliphatic rings. The van der Waals surface area contributed by atoms with Crippen LogP contribution in [0.25, 0.3) is 0 Å². The van der Waals surface area contributed by atoms with E-state index in [9.17, 15) is 0 Å². The molecule has 0 bridgehead atoms. The summed E-state index contributed by atoms with van der Waals surface area (Å²) in [6.07, 6.45) is 0.841. The largest absolute Gasteiger partial charge is 0.492 e. The van der Waals surface area contributed by atoms with Crippen LogP contribution < -0.4 is 4.74 Å². The monoisotopic (exact) mass is 218 g/mol. The van der Waals surface area contributed by atoms with E-state index in [-0.39, 0.29) is 0 Å². The zero-order chi connectivity index (χ0) is 9.68. The number of alkyl halides is 1.